The lowest BCUT2D eigenvalue weighted by Gasteiger charge is -2.11. The molecule has 3 rings (SSSR count). The maximum atomic E-state index is 12.5. The lowest BCUT2D eigenvalue weighted by Crippen LogP contribution is -2.28. The standard InChI is InChI=1S/C21H16Cl4N2O4S/c22-14-2-1-13(20(25)10-14)11-26-21(28)12-31-18-3-5-19(6-4-18)32(29,30)27-17-8-15(23)7-16(24)9-17/h1-10,27H,11-12H2,(H,26,28). The molecule has 168 valence electrons. The minimum Gasteiger partial charge on any atom is -0.484 e. The third-order valence-corrected chi connectivity index (χ3v) is 6.53. The number of halogens is 4. The van der Waals surface area contributed by atoms with Crippen molar-refractivity contribution in [3.05, 3.63) is 86.3 Å². The second kappa shape index (κ2) is 10.6. The van der Waals surface area contributed by atoms with Gasteiger partial charge in [0.05, 0.1) is 10.6 Å². The van der Waals surface area contributed by atoms with Gasteiger partial charge in [-0.2, -0.15) is 0 Å². The molecule has 0 fully saturated rings. The molecule has 0 radical (unpaired) electrons. The Labute approximate surface area is 205 Å². The zero-order chi connectivity index (χ0) is 23.3. The van der Waals surface area contributed by atoms with E-state index in [1.54, 1.807) is 18.2 Å². The van der Waals surface area contributed by atoms with Crippen molar-refractivity contribution < 1.29 is 17.9 Å². The molecule has 11 heteroatoms. The van der Waals surface area contributed by atoms with Crippen LogP contribution in [0, 0.1) is 0 Å². The van der Waals surface area contributed by atoms with E-state index in [1.807, 2.05) is 0 Å². The van der Waals surface area contributed by atoms with Gasteiger partial charge in [-0.15, -0.1) is 0 Å². The predicted molar refractivity (Wildman–Crippen MR) is 128 cm³/mol. The van der Waals surface area contributed by atoms with E-state index in [1.165, 1.54) is 42.5 Å². The number of hydrogen-bond acceptors (Lipinski definition) is 4. The molecule has 0 unspecified atom stereocenters. The van der Waals surface area contributed by atoms with Crippen molar-refractivity contribution in [2.45, 2.75) is 11.4 Å². The number of nitrogens with one attached hydrogen (secondary N) is 2. The van der Waals surface area contributed by atoms with E-state index >= 15 is 0 Å². The number of amides is 1. The SMILES string of the molecule is O=C(COc1ccc(S(=O)(=O)Nc2cc(Cl)cc(Cl)c2)cc1)NCc1ccc(Cl)cc1Cl. The number of carbonyl (C=O) groups is 1. The highest BCUT2D eigenvalue weighted by atomic mass is 35.5. The van der Waals surface area contributed by atoms with Crippen LogP contribution in [0.1, 0.15) is 5.56 Å². The molecule has 0 saturated heterocycles. The van der Waals surface area contributed by atoms with Gasteiger partial charge in [0, 0.05) is 26.6 Å². The summed E-state index contributed by atoms with van der Waals surface area (Å²) >= 11 is 23.7. The molecule has 0 bridgehead atoms. The van der Waals surface area contributed by atoms with Gasteiger partial charge in [0.15, 0.2) is 6.61 Å². The van der Waals surface area contributed by atoms with Gasteiger partial charge < -0.3 is 10.1 Å². The molecule has 0 aliphatic heterocycles. The van der Waals surface area contributed by atoms with Crippen molar-refractivity contribution >= 4 is 68.0 Å². The van der Waals surface area contributed by atoms with E-state index in [2.05, 4.69) is 10.0 Å². The predicted octanol–water partition coefficient (Wildman–Crippen LogP) is 5.80. The smallest absolute Gasteiger partial charge is 0.261 e. The fourth-order valence-electron chi connectivity index (χ4n) is 2.60. The van der Waals surface area contributed by atoms with Crippen molar-refractivity contribution in [1.82, 2.24) is 5.32 Å². The normalized spacial score (nSPS) is 11.1. The van der Waals surface area contributed by atoms with Gasteiger partial charge in [0.1, 0.15) is 5.75 Å². The highest BCUT2D eigenvalue weighted by Gasteiger charge is 2.15. The van der Waals surface area contributed by atoms with Crippen LogP contribution in [0.4, 0.5) is 5.69 Å². The fraction of sp³-hybridized carbons (Fsp3) is 0.0952. The van der Waals surface area contributed by atoms with Gasteiger partial charge in [-0.3, -0.25) is 9.52 Å². The molecule has 0 spiro atoms. The first kappa shape index (κ1) is 24.5. The van der Waals surface area contributed by atoms with Gasteiger partial charge >= 0.3 is 0 Å². The lowest BCUT2D eigenvalue weighted by molar-refractivity contribution is -0.123. The molecule has 0 saturated carbocycles. The summed E-state index contributed by atoms with van der Waals surface area (Å²) in [5.41, 5.74) is 0.952. The van der Waals surface area contributed by atoms with Gasteiger partial charge in [-0.05, 0) is 60.2 Å². The number of anilines is 1. The van der Waals surface area contributed by atoms with Crippen molar-refractivity contribution in [1.29, 1.82) is 0 Å². The maximum absolute atomic E-state index is 12.5. The molecule has 0 aliphatic rings. The number of sulfonamides is 1. The van der Waals surface area contributed by atoms with E-state index in [4.69, 9.17) is 51.1 Å². The molecule has 0 aromatic heterocycles. The van der Waals surface area contributed by atoms with E-state index in [0.717, 1.165) is 0 Å². The van der Waals surface area contributed by atoms with E-state index < -0.39 is 10.0 Å². The summed E-state index contributed by atoms with van der Waals surface area (Å²) in [5, 5.41) is 4.24. The van der Waals surface area contributed by atoms with Gasteiger partial charge in [0.25, 0.3) is 15.9 Å². The largest absolute Gasteiger partial charge is 0.484 e. The third-order valence-electron chi connectivity index (χ3n) is 4.11. The van der Waals surface area contributed by atoms with Gasteiger partial charge in [-0.1, -0.05) is 52.5 Å². The Morgan fingerprint density at radius 3 is 2.12 bits per heavy atom. The Morgan fingerprint density at radius 1 is 0.844 bits per heavy atom. The lowest BCUT2D eigenvalue weighted by atomic mass is 10.2. The third kappa shape index (κ3) is 6.92. The molecule has 3 aromatic carbocycles. The van der Waals surface area contributed by atoms with Crippen molar-refractivity contribution in [2.24, 2.45) is 0 Å². The average Bonchev–Trinajstić information content (AvgIpc) is 2.71. The Kier molecular flexibility index (Phi) is 8.14. The Morgan fingerprint density at radius 2 is 1.50 bits per heavy atom. The molecular formula is C21H16Cl4N2O4S. The van der Waals surface area contributed by atoms with Crippen LogP contribution in [0.3, 0.4) is 0 Å². The first-order valence-electron chi connectivity index (χ1n) is 9.05. The van der Waals surface area contributed by atoms with E-state index in [0.29, 0.717) is 31.4 Å². The number of carbonyl (C=O) groups excluding carboxylic acids is 1. The second-order valence-electron chi connectivity index (χ2n) is 6.54. The minimum absolute atomic E-state index is 0.00257. The Balaban J connectivity index is 1.55. The minimum atomic E-state index is -3.87. The fourth-order valence-corrected chi connectivity index (χ4v) is 4.64. The van der Waals surface area contributed by atoms with Crippen molar-refractivity contribution in [3.63, 3.8) is 0 Å². The molecule has 3 aromatic rings. The first-order valence-corrected chi connectivity index (χ1v) is 12.0. The van der Waals surface area contributed by atoms with Crippen LogP contribution in [0.5, 0.6) is 5.75 Å². The Hall–Kier alpha value is -2.16. The molecule has 0 aliphatic carbocycles. The maximum Gasteiger partial charge on any atom is 0.261 e. The highest BCUT2D eigenvalue weighted by Crippen LogP contribution is 2.25. The quantitative estimate of drug-likeness (QED) is 0.383. The summed E-state index contributed by atoms with van der Waals surface area (Å²) in [6.45, 7) is -0.0366. The highest BCUT2D eigenvalue weighted by molar-refractivity contribution is 7.92. The van der Waals surface area contributed by atoms with Gasteiger partial charge in [0.2, 0.25) is 0 Å². The molecule has 0 atom stereocenters. The van der Waals surface area contributed by atoms with Gasteiger partial charge in [-0.25, -0.2) is 8.42 Å². The van der Waals surface area contributed by atoms with Crippen molar-refractivity contribution in [3.8, 4) is 5.75 Å². The van der Waals surface area contributed by atoms with E-state index in [-0.39, 0.29) is 29.6 Å². The zero-order valence-electron chi connectivity index (χ0n) is 16.2. The van der Waals surface area contributed by atoms with Crippen LogP contribution >= 0.6 is 46.4 Å². The summed E-state index contributed by atoms with van der Waals surface area (Å²) in [6, 6.07) is 15.0. The van der Waals surface area contributed by atoms with Crippen LogP contribution < -0.4 is 14.8 Å². The van der Waals surface area contributed by atoms with Crippen LogP contribution in [0.15, 0.2) is 65.6 Å². The summed E-state index contributed by atoms with van der Waals surface area (Å²) in [4.78, 5) is 12.0. The summed E-state index contributed by atoms with van der Waals surface area (Å²) < 4.78 is 32.9. The molecule has 32 heavy (non-hydrogen) atoms. The summed E-state index contributed by atoms with van der Waals surface area (Å²) in [5.74, 6) is -0.0401. The first-order chi connectivity index (χ1) is 15.1. The van der Waals surface area contributed by atoms with Crippen LogP contribution in [0.2, 0.25) is 20.1 Å². The zero-order valence-corrected chi connectivity index (χ0v) is 20.1. The molecular weight excluding hydrogens is 518 g/mol. The molecule has 1 amide bonds. The van der Waals surface area contributed by atoms with E-state index in [9.17, 15) is 13.2 Å². The number of ether oxygens (including phenoxy) is 1. The Bertz CT molecular complexity index is 1210. The summed E-state index contributed by atoms with van der Waals surface area (Å²) in [6.07, 6.45) is 0. The van der Waals surface area contributed by atoms with Crippen LogP contribution in [0.25, 0.3) is 0 Å². The summed E-state index contributed by atoms with van der Waals surface area (Å²) in [7, 11) is -3.87. The average molecular weight is 534 g/mol. The number of rotatable bonds is 8. The second-order valence-corrected chi connectivity index (χ2v) is 9.94. The van der Waals surface area contributed by atoms with Crippen molar-refractivity contribution in [2.75, 3.05) is 11.3 Å². The van der Waals surface area contributed by atoms with Crippen LogP contribution in [-0.4, -0.2) is 20.9 Å². The van der Waals surface area contributed by atoms with Crippen LogP contribution in [-0.2, 0) is 21.4 Å². The topological polar surface area (TPSA) is 84.5 Å². The molecule has 2 N–H and O–H groups in total. The molecule has 0 heterocycles. The number of benzene rings is 3. The monoisotopic (exact) mass is 532 g/mol. The number of hydrogen-bond donors (Lipinski definition) is 2. The molecule has 6 nitrogen and oxygen atoms in total.